The lowest BCUT2D eigenvalue weighted by Gasteiger charge is -2.21. The number of rotatable bonds is 6. The maximum atomic E-state index is 12.5. The Bertz CT molecular complexity index is 1100. The van der Waals surface area contributed by atoms with E-state index in [9.17, 15) is 9.59 Å². The second kappa shape index (κ2) is 8.95. The Labute approximate surface area is 179 Å². The number of fused-ring (bicyclic) bond motifs is 2. The summed E-state index contributed by atoms with van der Waals surface area (Å²) in [4.78, 5) is 24.9. The summed E-state index contributed by atoms with van der Waals surface area (Å²) in [5.41, 5.74) is 1.21. The average Bonchev–Trinajstić information content (AvgIpc) is 2.81. The summed E-state index contributed by atoms with van der Waals surface area (Å²) in [7, 11) is 1.48. The first-order valence-electron chi connectivity index (χ1n) is 9.98. The first-order valence-corrected chi connectivity index (χ1v) is 9.98. The van der Waals surface area contributed by atoms with Crippen molar-refractivity contribution in [1.29, 1.82) is 0 Å². The number of carbonyl (C=O) groups excluding carboxylic acids is 2. The van der Waals surface area contributed by atoms with Crippen molar-refractivity contribution in [2.75, 3.05) is 26.9 Å². The maximum Gasteiger partial charge on any atom is 0.338 e. The highest BCUT2D eigenvalue weighted by molar-refractivity contribution is 5.93. The monoisotopic (exact) mass is 421 g/mol. The van der Waals surface area contributed by atoms with Gasteiger partial charge >= 0.3 is 5.97 Å². The first kappa shape index (κ1) is 20.5. The summed E-state index contributed by atoms with van der Waals surface area (Å²) in [5.74, 6) is 0.193. The van der Waals surface area contributed by atoms with Gasteiger partial charge in [-0.3, -0.25) is 4.79 Å². The normalized spacial score (nSPS) is 13.4. The van der Waals surface area contributed by atoms with Crippen LogP contribution in [0.5, 0.6) is 17.2 Å². The number of esters is 1. The molecule has 0 aliphatic carbocycles. The van der Waals surface area contributed by atoms with Gasteiger partial charge in [0.15, 0.2) is 18.1 Å². The van der Waals surface area contributed by atoms with E-state index in [4.69, 9.17) is 18.9 Å². The zero-order valence-corrected chi connectivity index (χ0v) is 17.3. The van der Waals surface area contributed by atoms with Crippen molar-refractivity contribution >= 4 is 22.6 Å². The van der Waals surface area contributed by atoms with Gasteiger partial charge in [0.1, 0.15) is 13.2 Å². The first-order chi connectivity index (χ1) is 15.1. The molecule has 0 spiro atoms. The van der Waals surface area contributed by atoms with Gasteiger partial charge in [-0.05, 0) is 35.4 Å². The van der Waals surface area contributed by atoms with Crippen LogP contribution >= 0.6 is 0 Å². The van der Waals surface area contributed by atoms with Crippen LogP contribution in [0.2, 0.25) is 0 Å². The summed E-state index contributed by atoms with van der Waals surface area (Å²) >= 11 is 0. The molecule has 0 saturated carbocycles. The van der Waals surface area contributed by atoms with E-state index in [2.05, 4.69) is 5.32 Å². The van der Waals surface area contributed by atoms with Crippen LogP contribution in [0.1, 0.15) is 28.9 Å². The van der Waals surface area contributed by atoms with Crippen LogP contribution in [-0.4, -0.2) is 38.8 Å². The lowest BCUT2D eigenvalue weighted by molar-refractivity contribution is -0.124. The quantitative estimate of drug-likeness (QED) is 0.612. The highest BCUT2D eigenvalue weighted by Crippen LogP contribution is 2.40. The number of hydrogen-bond acceptors (Lipinski definition) is 6. The number of benzene rings is 3. The van der Waals surface area contributed by atoms with Gasteiger partial charge in [0.05, 0.1) is 18.7 Å². The van der Waals surface area contributed by atoms with E-state index in [1.807, 2.05) is 49.4 Å². The van der Waals surface area contributed by atoms with Crippen molar-refractivity contribution in [1.82, 2.24) is 5.32 Å². The Morgan fingerprint density at radius 2 is 1.84 bits per heavy atom. The third-order valence-electron chi connectivity index (χ3n) is 5.07. The molecule has 1 aliphatic rings. The number of amides is 1. The van der Waals surface area contributed by atoms with Crippen molar-refractivity contribution in [3.05, 3.63) is 65.7 Å². The topological polar surface area (TPSA) is 83.1 Å². The minimum atomic E-state index is -0.650. The SMILES string of the molecule is COc1cc(C(=O)OCC(=O)N[C@H](C)c2cccc3ccccc23)cc2c1OCCO2. The molecule has 4 rings (SSSR count). The van der Waals surface area contributed by atoms with Crippen molar-refractivity contribution < 1.29 is 28.5 Å². The molecule has 0 unspecified atom stereocenters. The van der Waals surface area contributed by atoms with Gasteiger partial charge in [-0.1, -0.05) is 42.5 Å². The number of carbonyl (C=O) groups is 2. The molecular formula is C24H23NO6. The second-order valence-electron chi connectivity index (χ2n) is 7.14. The van der Waals surface area contributed by atoms with E-state index in [1.165, 1.54) is 19.2 Å². The van der Waals surface area contributed by atoms with Crippen molar-refractivity contribution in [2.45, 2.75) is 13.0 Å². The molecule has 1 atom stereocenters. The van der Waals surface area contributed by atoms with Gasteiger partial charge in [-0.15, -0.1) is 0 Å². The molecule has 160 valence electrons. The van der Waals surface area contributed by atoms with Crippen molar-refractivity contribution in [3.8, 4) is 17.2 Å². The van der Waals surface area contributed by atoms with Gasteiger partial charge in [-0.25, -0.2) is 4.79 Å². The smallest absolute Gasteiger partial charge is 0.338 e. The highest BCUT2D eigenvalue weighted by atomic mass is 16.6. The maximum absolute atomic E-state index is 12.5. The van der Waals surface area contributed by atoms with Gasteiger partial charge in [0.25, 0.3) is 5.91 Å². The fourth-order valence-corrected chi connectivity index (χ4v) is 3.59. The summed E-state index contributed by atoms with van der Waals surface area (Å²) in [5, 5.41) is 5.05. The van der Waals surface area contributed by atoms with E-state index < -0.39 is 18.5 Å². The average molecular weight is 421 g/mol. The lowest BCUT2D eigenvalue weighted by atomic mass is 10.00. The summed E-state index contributed by atoms with van der Waals surface area (Å²) in [6, 6.07) is 16.7. The van der Waals surface area contributed by atoms with E-state index in [-0.39, 0.29) is 11.6 Å². The molecule has 1 amide bonds. The third kappa shape index (κ3) is 4.40. The van der Waals surface area contributed by atoms with E-state index in [0.717, 1.165) is 16.3 Å². The number of hydrogen-bond donors (Lipinski definition) is 1. The van der Waals surface area contributed by atoms with E-state index in [1.54, 1.807) is 0 Å². The van der Waals surface area contributed by atoms with Crippen LogP contribution in [0.3, 0.4) is 0 Å². The second-order valence-corrected chi connectivity index (χ2v) is 7.14. The molecule has 0 bridgehead atoms. The molecule has 3 aromatic rings. The van der Waals surface area contributed by atoms with E-state index in [0.29, 0.717) is 30.5 Å². The molecule has 7 heteroatoms. The lowest BCUT2D eigenvalue weighted by Crippen LogP contribution is -2.31. The van der Waals surface area contributed by atoms with Crippen LogP contribution in [0.15, 0.2) is 54.6 Å². The van der Waals surface area contributed by atoms with Crippen LogP contribution in [0, 0.1) is 0 Å². The number of ether oxygens (including phenoxy) is 4. The van der Waals surface area contributed by atoms with E-state index >= 15 is 0 Å². The summed E-state index contributed by atoms with van der Waals surface area (Å²) < 4.78 is 21.5. The highest BCUT2D eigenvalue weighted by Gasteiger charge is 2.22. The molecule has 31 heavy (non-hydrogen) atoms. The Hall–Kier alpha value is -3.74. The molecule has 0 saturated heterocycles. The Kier molecular flexibility index (Phi) is 5.93. The van der Waals surface area contributed by atoms with Crippen LogP contribution in [0.4, 0.5) is 0 Å². The van der Waals surface area contributed by atoms with Gasteiger partial charge in [0, 0.05) is 0 Å². The Balaban J connectivity index is 1.40. The Morgan fingerprint density at radius 1 is 1.06 bits per heavy atom. The standard InChI is InChI=1S/C24H23NO6/c1-15(18-9-5-7-16-6-3-4-8-19(16)18)25-22(26)14-31-24(27)17-12-20(28-2)23-21(13-17)29-10-11-30-23/h3-9,12-13,15H,10-11,14H2,1-2H3,(H,25,26)/t15-/m1/s1. The minimum absolute atomic E-state index is 0.219. The van der Waals surface area contributed by atoms with Gasteiger partial charge in [-0.2, -0.15) is 0 Å². The fourth-order valence-electron chi connectivity index (χ4n) is 3.59. The fraction of sp³-hybridized carbons (Fsp3) is 0.250. The van der Waals surface area contributed by atoms with Crippen LogP contribution in [-0.2, 0) is 9.53 Å². The van der Waals surface area contributed by atoms with Crippen molar-refractivity contribution in [3.63, 3.8) is 0 Å². The molecule has 3 aromatic carbocycles. The molecule has 1 aliphatic heterocycles. The summed E-state index contributed by atoms with van der Waals surface area (Å²) in [6.45, 7) is 2.28. The predicted octanol–water partition coefficient (Wildman–Crippen LogP) is 3.65. The molecule has 0 radical (unpaired) electrons. The van der Waals surface area contributed by atoms with Gasteiger partial charge in [0.2, 0.25) is 5.75 Å². The zero-order chi connectivity index (χ0) is 21.8. The summed E-state index contributed by atoms with van der Waals surface area (Å²) in [6.07, 6.45) is 0. The van der Waals surface area contributed by atoms with Crippen LogP contribution < -0.4 is 19.5 Å². The molecule has 0 aromatic heterocycles. The Morgan fingerprint density at radius 3 is 2.68 bits per heavy atom. The molecule has 1 heterocycles. The third-order valence-corrected chi connectivity index (χ3v) is 5.07. The predicted molar refractivity (Wildman–Crippen MR) is 115 cm³/mol. The molecule has 7 nitrogen and oxygen atoms in total. The van der Waals surface area contributed by atoms with Crippen molar-refractivity contribution in [2.24, 2.45) is 0 Å². The molecule has 1 N–H and O–H groups in total. The number of methoxy groups -OCH3 is 1. The molecule has 0 fully saturated rings. The van der Waals surface area contributed by atoms with Crippen LogP contribution in [0.25, 0.3) is 10.8 Å². The minimum Gasteiger partial charge on any atom is -0.493 e. The zero-order valence-electron chi connectivity index (χ0n) is 17.3. The molecular weight excluding hydrogens is 398 g/mol. The number of nitrogens with one attached hydrogen (secondary N) is 1. The van der Waals surface area contributed by atoms with Gasteiger partial charge < -0.3 is 24.3 Å². The largest absolute Gasteiger partial charge is 0.493 e.